The van der Waals surface area contributed by atoms with Crippen molar-refractivity contribution in [1.82, 2.24) is 9.36 Å². The SMILES string of the molecule is CCOc1cc(/C=C(/C#N)C(=O)Nc2nc(SC)ns2)ccc1OCCOc1cccc(OC)c1. The molecule has 0 saturated carbocycles. The van der Waals surface area contributed by atoms with Gasteiger partial charge in [0.05, 0.1) is 13.7 Å². The number of nitrogens with one attached hydrogen (secondary N) is 1. The molecule has 0 spiro atoms. The van der Waals surface area contributed by atoms with Crippen molar-refractivity contribution in [3.8, 4) is 29.1 Å². The summed E-state index contributed by atoms with van der Waals surface area (Å²) in [7, 11) is 1.60. The maximum absolute atomic E-state index is 12.5. The molecule has 0 atom stereocenters. The summed E-state index contributed by atoms with van der Waals surface area (Å²) in [6.45, 7) is 2.89. The Labute approximate surface area is 211 Å². The van der Waals surface area contributed by atoms with Crippen molar-refractivity contribution < 1.29 is 23.7 Å². The van der Waals surface area contributed by atoms with Crippen molar-refractivity contribution in [2.45, 2.75) is 12.1 Å². The smallest absolute Gasteiger partial charge is 0.268 e. The Bertz CT molecular complexity index is 1220. The van der Waals surface area contributed by atoms with Crippen LogP contribution in [0.1, 0.15) is 12.5 Å². The fraction of sp³-hybridized carbons (Fsp3) is 0.250. The van der Waals surface area contributed by atoms with Gasteiger partial charge < -0.3 is 18.9 Å². The summed E-state index contributed by atoms with van der Waals surface area (Å²) in [5.74, 6) is 1.85. The van der Waals surface area contributed by atoms with Gasteiger partial charge in [0, 0.05) is 17.6 Å². The Kier molecular flexibility index (Phi) is 9.77. The van der Waals surface area contributed by atoms with Crippen molar-refractivity contribution in [2.24, 2.45) is 0 Å². The van der Waals surface area contributed by atoms with Crippen molar-refractivity contribution in [3.63, 3.8) is 0 Å². The van der Waals surface area contributed by atoms with Gasteiger partial charge in [-0.15, -0.1) is 0 Å². The van der Waals surface area contributed by atoms with Gasteiger partial charge in [-0.2, -0.15) is 14.6 Å². The molecular weight excluding hydrogens is 488 g/mol. The minimum atomic E-state index is -0.565. The number of aromatic nitrogens is 2. The van der Waals surface area contributed by atoms with Crippen LogP contribution in [0.25, 0.3) is 6.08 Å². The minimum absolute atomic E-state index is 0.0753. The molecule has 11 heteroatoms. The maximum Gasteiger partial charge on any atom is 0.268 e. The van der Waals surface area contributed by atoms with E-state index in [1.54, 1.807) is 31.4 Å². The van der Waals surface area contributed by atoms with Crippen LogP contribution in [0, 0.1) is 11.3 Å². The molecule has 1 heterocycles. The molecule has 3 rings (SSSR count). The van der Waals surface area contributed by atoms with E-state index >= 15 is 0 Å². The van der Waals surface area contributed by atoms with Gasteiger partial charge in [-0.1, -0.05) is 23.9 Å². The van der Waals surface area contributed by atoms with Crippen LogP contribution >= 0.6 is 23.3 Å². The number of nitriles is 1. The summed E-state index contributed by atoms with van der Waals surface area (Å²) in [5.41, 5.74) is 0.538. The van der Waals surface area contributed by atoms with E-state index in [0.29, 0.717) is 52.1 Å². The molecule has 1 N–H and O–H groups in total. The number of benzene rings is 2. The van der Waals surface area contributed by atoms with Crippen LogP contribution < -0.4 is 24.3 Å². The fourth-order valence-electron chi connectivity index (χ4n) is 2.83. The number of amides is 1. The summed E-state index contributed by atoms with van der Waals surface area (Å²) in [4.78, 5) is 16.7. The average Bonchev–Trinajstić information content (AvgIpc) is 3.33. The maximum atomic E-state index is 12.5. The predicted molar refractivity (Wildman–Crippen MR) is 136 cm³/mol. The van der Waals surface area contributed by atoms with E-state index in [9.17, 15) is 10.1 Å². The quantitative estimate of drug-likeness (QED) is 0.160. The van der Waals surface area contributed by atoms with Gasteiger partial charge in [-0.25, -0.2) is 0 Å². The number of carbonyl (C=O) groups is 1. The Morgan fingerprint density at radius 2 is 1.94 bits per heavy atom. The lowest BCUT2D eigenvalue weighted by molar-refractivity contribution is -0.112. The Morgan fingerprint density at radius 1 is 1.14 bits per heavy atom. The van der Waals surface area contributed by atoms with Crippen molar-refractivity contribution in [1.29, 1.82) is 5.26 Å². The highest BCUT2D eigenvalue weighted by molar-refractivity contribution is 7.98. The topological polar surface area (TPSA) is 116 Å². The molecule has 2 aromatic carbocycles. The largest absolute Gasteiger partial charge is 0.497 e. The Morgan fingerprint density at radius 3 is 2.66 bits per heavy atom. The molecule has 0 bridgehead atoms. The monoisotopic (exact) mass is 512 g/mol. The number of ether oxygens (including phenoxy) is 4. The first-order chi connectivity index (χ1) is 17.1. The van der Waals surface area contributed by atoms with Crippen LogP contribution in [0.5, 0.6) is 23.0 Å². The molecule has 35 heavy (non-hydrogen) atoms. The molecule has 0 aliphatic heterocycles. The van der Waals surface area contributed by atoms with Crippen molar-refractivity contribution in [2.75, 3.05) is 38.5 Å². The number of anilines is 1. The zero-order chi connectivity index (χ0) is 25.0. The van der Waals surface area contributed by atoms with Crippen molar-refractivity contribution >= 4 is 40.4 Å². The van der Waals surface area contributed by atoms with E-state index in [4.69, 9.17) is 18.9 Å². The molecule has 3 aromatic rings. The van der Waals surface area contributed by atoms with E-state index in [0.717, 1.165) is 11.5 Å². The highest BCUT2D eigenvalue weighted by atomic mass is 32.2. The molecule has 1 aromatic heterocycles. The second kappa shape index (κ2) is 13.2. The number of thioether (sulfide) groups is 1. The van der Waals surface area contributed by atoms with Crippen molar-refractivity contribution in [3.05, 3.63) is 53.6 Å². The van der Waals surface area contributed by atoms with Crippen LogP contribution in [0.4, 0.5) is 5.13 Å². The highest BCUT2D eigenvalue weighted by Crippen LogP contribution is 2.30. The molecule has 0 aliphatic carbocycles. The molecule has 0 unspecified atom stereocenters. The fourth-order valence-corrected chi connectivity index (χ4v) is 3.95. The average molecular weight is 513 g/mol. The van der Waals surface area contributed by atoms with Gasteiger partial charge in [-0.3, -0.25) is 10.1 Å². The second-order valence-electron chi connectivity index (χ2n) is 6.73. The summed E-state index contributed by atoms with van der Waals surface area (Å²) < 4.78 is 26.5. The van der Waals surface area contributed by atoms with E-state index in [-0.39, 0.29) is 12.2 Å². The van der Waals surface area contributed by atoms with Crippen LogP contribution in [-0.4, -0.2) is 48.5 Å². The van der Waals surface area contributed by atoms with Gasteiger partial charge in [0.1, 0.15) is 36.4 Å². The lowest BCUT2D eigenvalue weighted by Gasteiger charge is -2.13. The van der Waals surface area contributed by atoms with Crippen LogP contribution in [-0.2, 0) is 4.79 Å². The second-order valence-corrected chi connectivity index (χ2v) is 8.25. The van der Waals surface area contributed by atoms with Crippen LogP contribution in [0.2, 0.25) is 0 Å². The third-order valence-corrected chi connectivity index (χ3v) is 5.70. The minimum Gasteiger partial charge on any atom is -0.497 e. The number of nitrogens with zero attached hydrogens (tertiary/aromatic N) is 3. The first-order valence-electron chi connectivity index (χ1n) is 10.5. The molecule has 182 valence electrons. The molecule has 0 fully saturated rings. The van der Waals surface area contributed by atoms with E-state index in [1.165, 1.54) is 17.8 Å². The number of hydrogen-bond donors (Lipinski definition) is 1. The number of carbonyl (C=O) groups excluding carboxylic acids is 1. The molecule has 0 radical (unpaired) electrons. The molecule has 0 saturated heterocycles. The zero-order valence-corrected chi connectivity index (χ0v) is 21.1. The van der Waals surface area contributed by atoms with E-state index in [1.807, 2.05) is 37.4 Å². The van der Waals surface area contributed by atoms with Gasteiger partial charge in [0.25, 0.3) is 5.91 Å². The van der Waals surface area contributed by atoms with Gasteiger partial charge in [-0.05, 0) is 49.1 Å². The van der Waals surface area contributed by atoms with E-state index in [2.05, 4.69) is 14.7 Å². The van der Waals surface area contributed by atoms with Gasteiger partial charge in [0.2, 0.25) is 10.3 Å². The summed E-state index contributed by atoms with van der Waals surface area (Å²) in [6.07, 6.45) is 3.31. The number of methoxy groups -OCH3 is 1. The molecular formula is C24H24N4O5S2. The third-order valence-electron chi connectivity index (χ3n) is 4.40. The van der Waals surface area contributed by atoms with Crippen LogP contribution in [0.3, 0.4) is 0 Å². The molecule has 1 amide bonds. The lowest BCUT2D eigenvalue weighted by atomic mass is 10.1. The Hall–Kier alpha value is -3.75. The molecule has 0 aliphatic rings. The predicted octanol–water partition coefficient (Wildman–Crippen LogP) is 4.67. The standard InChI is InChI=1S/C24H24N4O5S2/c1-4-31-21-13-16(12-17(15-25)22(29)26-23-27-24(34-3)28-35-23)8-9-20(21)33-11-10-32-19-7-5-6-18(14-19)30-2/h5-9,12-14H,4,10-11H2,1-3H3,(H,26,27,28,29)/b17-12-. The lowest BCUT2D eigenvalue weighted by Crippen LogP contribution is -2.13. The summed E-state index contributed by atoms with van der Waals surface area (Å²) in [5, 5.41) is 13.0. The Balaban J connectivity index is 1.64. The summed E-state index contributed by atoms with van der Waals surface area (Å²) >= 11 is 2.42. The summed E-state index contributed by atoms with van der Waals surface area (Å²) in [6, 6.07) is 14.4. The first-order valence-corrected chi connectivity index (χ1v) is 12.5. The number of rotatable bonds is 12. The van der Waals surface area contributed by atoms with Gasteiger partial charge in [0.15, 0.2) is 11.5 Å². The molecule has 9 nitrogen and oxygen atoms in total. The zero-order valence-electron chi connectivity index (χ0n) is 19.4. The van der Waals surface area contributed by atoms with Gasteiger partial charge >= 0.3 is 0 Å². The van der Waals surface area contributed by atoms with Crippen LogP contribution in [0.15, 0.2) is 53.2 Å². The normalized spacial score (nSPS) is 10.9. The third kappa shape index (κ3) is 7.63. The highest BCUT2D eigenvalue weighted by Gasteiger charge is 2.14. The number of hydrogen-bond acceptors (Lipinski definition) is 10. The first kappa shape index (κ1) is 25.9. The van der Waals surface area contributed by atoms with E-state index < -0.39 is 5.91 Å².